The second kappa shape index (κ2) is 9.61. The number of benzene rings is 1. The second-order valence-electron chi connectivity index (χ2n) is 4.70. The van der Waals surface area contributed by atoms with Crippen molar-refractivity contribution in [3.05, 3.63) is 23.2 Å². The third-order valence-electron chi connectivity index (χ3n) is 2.87. The van der Waals surface area contributed by atoms with Crippen LogP contribution in [-0.4, -0.2) is 19.1 Å². The van der Waals surface area contributed by atoms with Crippen molar-refractivity contribution < 1.29 is 9.53 Å². The topological polar surface area (TPSA) is 64.3 Å². The molecule has 0 spiro atoms. The molecule has 1 amide bonds. The molecule has 0 fully saturated rings. The van der Waals surface area contributed by atoms with Crippen LogP contribution in [0.3, 0.4) is 0 Å². The minimum Gasteiger partial charge on any atom is -0.397 e. The Kier molecular flexibility index (Phi) is 8.07. The van der Waals surface area contributed by atoms with Crippen LogP contribution in [0.2, 0.25) is 5.02 Å². The largest absolute Gasteiger partial charge is 0.397 e. The standard InChI is InChI=1S/C15H23ClN2O2/c1-2-3-4-9-20-10-5-6-15(19)18-14-11-12(16)7-8-13(14)17/h7-8,11H,2-6,9-10,17H2,1H3,(H,18,19). The van der Waals surface area contributed by atoms with Crippen molar-refractivity contribution in [2.24, 2.45) is 0 Å². The van der Waals surface area contributed by atoms with Gasteiger partial charge in [0.15, 0.2) is 0 Å². The number of rotatable bonds is 9. The summed E-state index contributed by atoms with van der Waals surface area (Å²) in [4.78, 5) is 11.7. The minimum atomic E-state index is -0.0730. The fourth-order valence-corrected chi connectivity index (χ4v) is 1.91. The zero-order valence-electron chi connectivity index (χ0n) is 12.0. The number of carbonyl (C=O) groups is 1. The van der Waals surface area contributed by atoms with E-state index in [4.69, 9.17) is 22.1 Å². The number of nitrogens with two attached hydrogens (primary N) is 1. The Morgan fingerprint density at radius 3 is 2.80 bits per heavy atom. The molecule has 0 aliphatic carbocycles. The van der Waals surface area contributed by atoms with Crippen LogP contribution in [0.25, 0.3) is 0 Å². The maximum Gasteiger partial charge on any atom is 0.224 e. The lowest BCUT2D eigenvalue weighted by Crippen LogP contribution is -2.13. The fraction of sp³-hybridized carbons (Fsp3) is 0.533. The maximum atomic E-state index is 11.7. The van der Waals surface area contributed by atoms with Crippen molar-refractivity contribution >= 4 is 28.9 Å². The molecule has 0 unspecified atom stereocenters. The van der Waals surface area contributed by atoms with Crippen LogP contribution in [0.15, 0.2) is 18.2 Å². The Labute approximate surface area is 125 Å². The fourth-order valence-electron chi connectivity index (χ4n) is 1.74. The summed E-state index contributed by atoms with van der Waals surface area (Å²) in [7, 11) is 0. The summed E-state index contributed by atoms with van der Waals surface area (Å²) in [5.41, 5.74) is 6.84. The lowest BCUT2D eigenvalue weighted by atomic mass is 10.2. The molecule has 4 nitrogen and oxygen atoms in total. The van der Waals surface area contributed by atoms with Crippen molar-refractivity contribution in [2.45, 2.75) is 39.0 Å². The molecule has 20 heavy (non-hydrogen) atoms. The first-order chi connectivity index (χ1) is 9.63. The summed E-state index contributed by atoms with van der Waals surface area (Å²) in [6, 6.07) is 5.02. The number of ether oxygens (including phenoxy) is 1. The zero-order chi connectivity index (χ0) is 14.8. The number of hydrogen-bond donors (Lipinski definition) is 2. The third-order valence-corrected chi connectivity index (χ3v) is 3.11. The van der Waals surface area contributed by atoms with Crippen LogP contribution in [-0.2, 0) is 9.53 Å². The van der Waals surface area contributed by atoms with E-state index in [-0.39, 0.29) is 5.91 Å². The predicted octanol–water partition coefficient (Wildman–Crippen LogP) is 3.85. The highest BCUT2D eigenvalue weighted by atomic mass is 35.5. The molecule has 1 aromatic rings. The molecule has 3 N–H and O–H groups in total. The van der Waals surface area contributed by atoms with E-state index in [2.05, 4.69) is 12.2 Å². The molecule has 0 aromatic heterocycles. The van der Waals surface area contributed by atoms with Crippen LogP contribution in [0, 0.1) is 0 Å². The first kappa shape index (κ1) is 16.8. The Balaban J connectivity index is 2.19. The maximum absolute atomic E-state index is 11.7. The summed E-state index contributed by atoms with van der Waals surface area (Å²) in [6.45, 7) is 3.55. The van der Waals surface area contributed by atoms with Gasteiger partial charge in [0, 0.05) is 24.7 Å². The number of nitrogen functional groups attached to an aromatic ring is 1. The molecule has 1 aromatic carbocycles. The van der Waals surface area contributed by atoms with Gasteiger partial charge >= 0.3 is 0 Å². The number of carbonyl (C=O) groups excluding carboxylic acids is 1. The summed E-state index contributed by atoms with van der Waals surface area (Å²) < 4.78 is 5.45. The molecule has 0 saturated carbocycles. The quantitative estimate of drug-likeness (QED) is 0.537. The van der Waals surface area contributed by atoms with Crippen molar-refractivity contribution in [3.63, 3.8) is 0 Å². The lowest BCUT2D eigenvalue weighted by Gasteiger charge is -2.08. The Morgan fingerprint density at radius 2 is 2.05 bits per heavy atom. The first-order valence-electron chi connectivity index (χ1n) is 7.06. The number of amides is 1. The van der Waals surface area contributed by atoms with Crippen LogP contribution >= 0.6 is 11.6 Å². The van der Waals surface area contributed by atoms with Gasteiger partial charge in [-0.1, -0.05) is 31.4 Å². The van der Waals surface area contributed by atoms with E-state index in [1.807, 2.05) is 0 Å². The van der Waals surface area contributed by atoms with Gasteiger partial charge in [-0.15, -0.1) is 0 Å². The summed E-state index contributed by atoms with van der Waals surface area (Å²) in [5, 5.41) is 3.31. The molecule has 0 radical (unpaired) electrons. The molecule has 0 aliphatic heterocycles. The van der Waals surface area contributed by atoms with Crippen LogP contribution in [0.4, 0.5) is 11.4 Å². The SMILES string of the molecule is CCCCCOCCCC(=O)Nc1cc(Cl)ccc1N. The van der Waals surface area contributed by atoms with E-state index in [0.29, 0.717) is 35.8 Å². The molecule has 112 valence electrons. The molecule has 0 aliphatic rings. The zero-order valence-corrected chi connectivity index (χ0v) is 12.7. The molecule has 0 atom stereocenters. The van der Waals surface area contributed by atoms with Crippen molar-refractivity contribution in [1.29, 1.82) is 0 Å². The summed E-state index contributed by atoms with van der Waals surface area (Å²) >= 11 is 5.86. The predicted molar refractivity (Wildman–Crippen MR) is 84.1 cm³/mol. The van der Waals surface area contributed by atoms with E-state index in [1.165, 1.54) is 12.8 Å². The third kappa shape index (κ3) is 6.78. The van der Waals surface area contributed by atoms with Crippen molar-refractivity contribution in [3.8, 4) is 0 Å². The number of halogens is 1. The number of unbranched alkanes of at least 4 members (excludes halogenated alkanes) is 2. The Hall–Kier alpha value is -1.26. The van der Waals surface area contributed by atoms with Gasteiger partial charge in [-0.25, -0.2) is 0 Å². The molecule has 5 heteroatoms. The van der Waals surface area contributed by atoms with E-state index in [9.17, 15) is 4.79 Å². The van der Waals surface area contributed by atoms with Crippen molar-refractivity contribution in [1.82, 2.24) is 0 Å². The van der Waals surface area contributed by atoms with Crippen LogP contribution in [0.5, 0.6) is 0 Å². The van der Waals surface area contributed by atoms with Crippen molar-refractivity contribution in [2.75, 3.05) is 24.3 Å². The molecule has 0 saturated heterocycles. The highest BCUT2D eigenvalue weighted by Gasteiger charge is 2.05. The summed E-state index contributed by atoms with van der Waals surface area (Å²) in [6.07, 6.45) is 4.58. The smallest absolute Gasteiger partial charge is 0.224 e. The highest BCUT2D eigenvalue weighted by molar-refractivity contribution is 6.31. The van der Waals surface area contributed by atoms with Gasteiger partial charge in [0.2, 0.25) is 5.91 Å². The van der Waals surface area contributed by atoms with E-state index in [1.54, 1.807) is 18.2 Å². The molecular weight excluding hydrogens is 276 g/mol. The normalized spacial score (nSPS) is 10.5. The van der Waals surface area contributed by atoms with Crippen LogP contribution in [0.1, 0.15) is 39.0 Å². The highest BCUT2D eigenvalue weighted by Crippen LogP contribution is 2.23. The van der Waals surface area contributed by atoms with Gasteiger partial charge < -0.3 is 15.8 Å². The van der Waals surface area contributed by atoms with Gasteiger partial charge in [-0.3, -0.25) is 4.79 Å². The van der Waals surface area contributed by atoms with Gasteiger partial charge in [0.1, 0.15) is 0 Å². The van der Waals surface area contributed by atoms with E-state index >= 15 is 0 Å². The second-order valence-corrected chi connectivity index (χ2v) is 5.14. The Morgan fingerprint density at radius 1 is 1.30 bits per heavy atom. The molecule has 0 heterocycles. The number of hydrogen-bond acceptors (Lipinski definition) is 3. The Bertz CT molecular complexity index is 424. The molecule has 1 rings (SSSR count). The van der Waals surface area contributed by atoms with E-state index < -0.39 is 0 Å². The average Bonchev–Trinajstić information content (AvgIpc) is 2.42. The van der Waals surface area contributed by atoms with Gasteiger partial charge in [-0.2, -0.15) is 0 Å². The number of anilines is 2. The molecular formula is C15H23ClN2O2. The van der Waals surface area contributed by atoms with Gasteiger partial charge in [0.05, 0.1) is 11.4 Å². The average molecular weight is 299 g/mol. The first-order valence-corrected chi connectivity index (χ1v) is 7.44. The van der Waals surface area contributed by atoms with Gasteiger partial charge in [-0.05, 0) is 31.0 Å². The minimum absolute atomic E-state index is 0.0730. The van der Waals surface area contributed by atoms with E-state index in [0.717, 1.165) is 13.0 Å². The van der Waals surface area contributed by atoms with Gasteiger partial charge in [0.25, 0.3) is 0 Å². The monoisotopic (exact) mass is 298 g/mol. The lowest BCUT2D eigenvalue weighted by molar-refractivity contribution is -0.116. The molecule has 0 bridgehead atoms. The number of nitrogens with one attached hydrogen (secondary N) is 1. The summed E-state index contributed by atoms with van der Waals surface area (Å²) in [5.74, 6) is -0.0730. The van der Waals surface area contributed by atoms with Crippen LogP contribution < -0.4 is 11.1 Å².